The van der Waals surface area contributed by atoms with E-state index in [1.807, 2.05) is 37.3 Å². The van der Waals surface area contributed by atoms with E-state index >= 15 is 0 Å². The summed E-state index contributed by atoms with van der Waals surface area (Å²) in [6, 6.07) is 17.0. The number of anilines is 1. The molecule has 3 aromatic carbocycles. The summed E-state index contributed by atoms with van der Waals surface area (Å²) < 4.78 is 12.4. The van der Waals surface area contributed by atoms with Gasteiger partial charge in [-0.2, -0.15) is 0 Å². The van der Waals surface area contributed by atoms with Crippen molar-refractivity contribution in [2.75, 3.05) is 11.5 Å². The smallest absolute Gasteiger partial charge is 0.301 e. The first-order valence-electron chi connectivity index (χ1n) is 13.2. The molecule has 40 heavy (non-hydrogen) atoms. The van der Waals surface area contributed by atoms with Gasteiger partial charge >= 0.3 is 5.91 Å². The summed E-state index contributed by atoms with van der Waals surface area (Å²) in [6.07, 6.45) is 2.69. The molecule has 0 aliphatic carbocycles. The van der Waals surface area contributed by atoms with Crippen LogP contribution in [-0.2, 0) is 16.0 Å². The van der Waals surface area contributed by atoms with E-state index < -0.39 is 17.7 Å². The number of fused-ring (bicyclic) bond motifs is 2. The van der Waals surface area contributed by atoms with Gasteiger partial charge in [-0.05, 0) is 73.0 Å². The predicted octanol–water partition coefficient (Wildman–Crippen LogP) is 7.08. The first-order chi connectivity index (χ1) is 19.3. The van der Waals surface area contributed by atoms with Crippen molar-refractivity contribution in [3.8, 4) is 11.5 Å². The molecular weight excluding hydrogens is 548 g/mol. The highest BCUT2D eigenvalue weighted by Gasteiger charge is 2.48. The summed E-state index contributed by atoms with van der Waals surface area (Å²) in [5.74, 6) is -0.309. The molecule has 6 rings (SSSR count). The second-order valence-electron chi connectivity index (χ2n) is 10.0. The number of ketones is 1. The maximum atomic E-state index is 13.6. The maximum absolute atomic E-state index is 13.6. The van der Waals surface area contributed by atoms with E-state index in [0.717, 1.165) is 28.9 Å². The lowest BCUT2D eigenvalue weighted by Crippen LogP contribution is -2.29. The van der Waals surface area contributed by atoms with Gasteiger partial charge in [0.15, 0.2) is 5.13 Å². The van der Waals surface area contributed by atoms with Crippen LogP contribution in [0.4, 0.5) is 5.13 Å². The number of aromatic nitrogens is 1. The third-order valence-electron chi connectivity index (χ3n) is 7.12. The lowest BCUT2D eigenvalue weighted by Gasteiger charge is -2.23. The summed E-state index contributed by atoms with van der Waals surface area (Å²) >= 11 is 7.46. The van der Waals surface area contributed by atoms with Gasteiger partial charge < -0.3 is 14.6 Å². The highest BCUT2D eigenvalue weighted by Crippen LogP contribution is 2.45. The van der Waals surface area contributed by atoms with Gasteiger partial charge in [0.05, 0.1) is 28.4 Å². The fourth-order valence-corrected chi connectivity index (χ4v) is 6.41. The van der Waals surface area contributed by atoms with Crippen LogP contribution < -0.4 is 14.4 Å². The standard InChI is InChI=1S/C31H27ClN2O5S/c1-3-4-13-38-22-9-5-18(6-10-22)27-26(28(35)19-7-12-24-20(15-19)14-17(2)39-24)29(36)30(37)34(27)31-33-23-11-8-21(32)16-25(23)40-31/h5-12,15-17,27,35H,3-4,13-14H2,1-2H3/b28-26-. The minimum atomic E-state index is -0.885. The molecule has 1 amide bonds. The van der Waals surface area contributed by atoms with Crippen molar-refractivity contribution in [1.29, 1.82) is 0 Å². The Kier molecular flexibility index (Phi) is 6.98. The zero-order valence-corrected chi connectivity index (χ0v) is 23.6. The number of benzene rings is 3. The number of rotatable bonds is 7. The predicted molar refractivity (Wildman–Crippen MR) is 156 cm³/mol. The molecular formula is C31H27ClN2O5S. The normalized spacial score (nSPS) is 19.7. The number of nitrogens with zero attached hydrogens (tertiary/aromatic N) is 2. The fraction of sp³-hybridized carbons (Fsp3) is 0.258. The number of thiazole rings is 1. The number of unbranched alkanes of at least 4 members (excludes halogenated alkanes) is 1. The van der Waals surface area contributed by atoms with Crippen molar-refractivity contribution >= 4 is 55.7 Å². The van der Waals surface area contributed by atoms with Gasteiger partial charge in [-0.25, -0.2) is 4.98 Å². The molecule has 2 aliphatic rings. The van der Waals surface area contributed by atoms with Crippen LogP contribution in [0, 0.1) is 0 Å². The lowest BCUT2D eigenvalue weighted by molar-refractivity contribution is -0.132. The Hall–Kier alpha value is -3.88. The van der Waals surface area contributed by atoms with Crippen molar-refractivity contribution in [3.63, 3.8) is 0 Å². The van der Waals surface area contributed by atoms with Crippen molar-refractivity contribution in [1.82, 2.24) is 4.98 Å². The van der Waals surface area contributed by atoms with Gasteiger partial charge in [0.1, 0.15) is 23.4 Å². The Balaban J connectivity index is 1.47. The molecule has 1 saturated heterocycles. The van der Waals surface area contributed by atoms with Crippen LogP contribution in [0.25, 0.3) is 16.0 Å². The van der Waals surface area contributed by atoms with E-state index in [-0.39, 0.29) is 17.4 Å². The number of amides is 1. The summed E-state index contributed by atoms with van der Waals surface area (Å²) in [5, 5.41) is 12.5. The Morgan fingerprint density at radius 2 is 1.95 bits per heavy atom. The van der Waals surface area contributed by atoms with E-state index in [1.54, 1.807) is 30.3 Å². The molecule has 0 radical (unpaired) electrons. The van der Waals surface area contributed by atoms with Gasteiger partial charge in [-0.3, -0.25) is 14.5 Å². The minimum Gasteiger partial charge on any atom is -0.507 e. The molecule has 0 saturated carbocycles. The number of Topliss-reactive ketones (excluding diaryl/α,β-unsaturated/α-hetero) is 1. The molecule has 4 aromatic rings. The molecule has 0 spiro atoms. The second kappa shape index (κ2) is 10.6. The lowest BCUT2D eigenvalue weighted by atomic mass is 9.94. The topological polar surface area (TPSA) is 89.0 Å². The molecule has 1 aromatic heterocycles. The third-order valence-corrected chi connectivity index (χ3v) is 8.37. The van der Waals surface area contributed by atoms with Gasteiger partial charge in [0.2, 0.25) is 0 Å². The van der Waals surface area contributed by atoms with E-state index in [1.165, 1.54) is 16.2 Å². The Morgan fingerprint density at radius 3 is 2.73 bits per heavy atom. The number of aliphatic hydroxyl groups is 1. The Morgan fingerprint density at radius 1 is 1.15 bits per heavy atom. The number of hydrogen-bond acceptors (Lipinski definition) is 7. The number of carbonyl (C=O) groups excluding carboxylic acids is 2. The summed E-state index contributed by atoms with van der Waals surface area (Å²) in [5.41, 5.74) is 2.72. The minimum absolute atomic E-state index is 0.00820. The first-order valence-corrected chi connectivity index (χ1v) is 14.4. The quantitative estimate of drug-likeness (QED) is 0.110. The van der Waals surface area contributed by atoms with E-state index in [9.17, 15) is 14.7 Å². The Labute approximate surface area is 240 Å². The molecule has 2 atom stereocenters. The van der Waals surface area contributed by atoms with Crippen LogP contribution in [0.1, 0.15) is 49.4 Å². The van der Waals surface area contributed by atoms with Crippen molar-refractivity contribution in [3.05, 3.63) is 87.9 Å². The summed E-state index contributed by atoms with van der Waals surface area (Å²) in [7, 11) is 0. The third kappa shape index (κ3) is 4.71. The SMILES string of the molecule is CCCCOc1ccc(C2/C(=C(/O)c3ccc4c(c3)CC(C)O4)C(=O)C(=O)N2c2nc3ccc(Cl)cc3s2)cc1. The Bertz CT molecular complexity index is 1660. The highest BCUT2D eigenvalue weighted by atomic mass is 35.5. The van der Waals surface area contributed by atoms with Crippen LogP contribution in [0.3, 0.4) is 0 Å². The highest BCUT2D eigenvalue weighted by molar-refractivity contribution is 7.22. The second-order valence-corrected chi connectivity index (χ2v) is 11.4. The van der Waals surface area contributed by atoms with E-state index in [2.05, 4.69) is 11.9 Å². The largest absolute Gasteiger partial charge is 0.507 e. The van der Waals surface area contributed by atoms with E-state index in [0.29, 0.717) is 45.6 Å². The molecule has 204 valence electrons. The zero-order chi connectivity index (χ0) is 28.0. The van der Waals surface area contributed by atoms with Crippen LogP contribution >= 0.6 is 22.9 Å². The monoisotopic (exact) mass is 574 g/mol. The van der Waals surface area contributed by atoms with E-state index in [4.69, 9.17) is 21.1 Å². The van der Waals surface area contributed by atoms with Crippen LogP contribution in [-0.4, -0.2) is 34.5 Å². The molecule has 2 aliphatic heterocycles. The molecule has 3 heterocycles. The van der Waals surface area contributed by atoms with Crippen molar-refractivity contribution < 1.29 is 24.2 Å². The number of aliphatic hydroxyl groups excluding tert-OH is 1. The number of carbonyl (C=O) groups is 2. The molecule has 1 N–H and O–H groups in total. The van der Waals surface area contributed by atoms with Crippen LogP contribution in [0.2, 0.25) is 5.02 Å². The average molecular weight is 575 g/mol. The van der Waals surface area contributed by atoms with Crippen molar-refractivity contribution in [2.45, 2.75) is 45.3 Å². The molecule has 1 fully saturated rings. The van der Waals surface area contributed by atoms with Gasteiger partial charge in [-0.1, -0.05) is 48.4 Å². The van der Waals surface area contributed by atoms with Crippen molar-refractivity contribution in [2.24, 2.45) is 0 Å². The van der Waals surface area contributed by atoms with Gasteiger partial charge in [0.25, 0.3) is 5.78 Å². The fourth-order valence-electron chi connectivity index (χ4n) is 5.14. The van der Waals surface area contributed by atoms with Gasteiger partial charge in [-0.15, -0.1) is 0 Å². The van der Waals surface area contributed by atoms with Gasteiger partial charge in [0, 0.05) is 17.0 Å². The zero-order valence-electron chi connectivity index (χ0n) is 22.0. The molecule has 2 unspecified atom stereocenters. The molecule has 7 nitrogen and oxygen atoms in total. The first kappa shape index (κ1) is 26.3. The maximum Gasteiger partial charge on any atom is 0.301 e. The van der Waals surface area contributed by atoms with Crippen LogP contribution in [0.5, 0.6) is 11.5 Å². The number of halogens is 1. The summed E-state index contributed by atoms with van der Waals surface area (Å²) in [6.45, 7) is 4.68. The van der Waals surface area contributed by atoms with Crippen LogP contribution in [0.15, 0.2) is 66.2 Å². The average Bonchev–Trinajstić information content (AvgIpc) is 3.60. The number of hydrogen-bond donors (Lipinski definition) is 1. The summed E-state index contributed by atoms with van der Waals surface area (Å²) in [4.78, 5) is 33.2. The molecule has 9 heteroatoms. The molecule has 0 bridgehead atoms. The number of ether oxygens (including phenoxy) is 2.